The molecule has 0 atom stereocenters. The lowest BCUT2D eigenvalue weighted by atomic mass is 10.1. The Morgan fingerprint density at radius 3 is 2.16 bits per heavy atom. The molecule has 0 saturated carbocycles. The normalized spacial score (nSPS) is 12.0. The van der Waals surface area contributed by atoms with Gasteiger partial charge in [-0.3, -0.25) is 0 Å². The monoisotopic (exact) mass is 365 g/mol. The molecule has 0 spiro atoms. The number of unbranched alkanes of at least 4 members (excludes halogenated alkanes) is 3. The molecular weight excluding hydrogens is 326 g/mol. The predicted octanol–water partition coefficient (Wildman–Crippen LogP) is 6.88. The van der Waals surface area contributed by atoms with Crippen molar-refractivity contribution in [1.29, 1.82) is 0 Å². The van der Waals surface area contributed by atoms with Crippen molar-refractivity contribution in [3.05, 3.63) is 34.9 Å². The molecule has 0 radical (unpaired) electrons. The Morgan fingerprint density at radius 2 is 1.52 bits per heavy atom. The molecule has 0 aliphatic heterocycles. The van der Waals surface area contributed by atoms with Crippen LogP contribution in [0.2, 0.25) is 0 Å². The topological polar surface area (TPSA) is 21.3 Å². The predicted molar refractivity (Wildman–Crippen MR) is 116 cm³/mol. The highest BCUT2D eigenvalue weighted by Gasteiger charge is 1.96. The van der Waals surface area contributed by atoms with E-state index in [0.29, 0.717) is 11.8 Å². The van der Waals surface area contributed by atoms with Gasteiger partial charge in [-0.1, -0.05) is 55.1 Å². The summed E-state index contributed by atoms with van der Waals surface area (Å²) < 4.78 is 5.54. The third-order valence-electron chi connectivity index (χ3n) is 4.07. The third kappa shape index (κ3) is 17.5. The Balaban J connectivity index is 3.80. The zero-order valence-electron chi connectivity index (χ0n) is 17.1. The Hall–Kier alpha value is -1.09. The van der Waals surface area contributed by atoms with Gasteiger partial charge in [0, 0.05) is 6.54 Å². The van der Waals surface area contributed by atoms with Crippen molar-refractivity contribution in [3.8, 4) is 0 Å². The molecule has 25 heavy (non-hydrogen) atoms. The standard InChI is InChI=1S/C22H39NOS/c1-6-7-8-9-17-23-22(25)24-18-16-21(5)15-11-14-20(4)13-10-12-19(2)3/h12,14,16H,6-11,13,15,17-18H2,1-5H3,(H,23,25)/b20-14+,21-16+. The van der Waals surface area contributed by atoms with Gasteiger partial charge in [-0.2, -0.15) is 0 Å². The van der Waals surface area contributed by atoms with E-state index < -0.39 is 0 Å². The summed E-state index contributed by atoms with van der Waals surface area (Å²) in [6, 6.07) is 0. The summed E-state index contributed by atoms with van der Waals surface area (Å²) in [6.07, 6.45) is 16.3. The second-order valence-electron chi connectivity index (χ2n) is 7.05. The highest BCUT2D eigenvalue weighted by Crippen LogP contribution is 2.11. The summed E-state index contributed by atoms with van der Waals surface area (Å²) >= 11 is 5.19. The molecule has 0 aromatic heterocycles. The molecule has 0 saturated heterocycles. The molecule has 0 aromatic rings. The molecule has 0 aliphatic rings. The summed E-state index contributed by atoms with van der Waals surface area (Å²) in [5, 5.41) is 3.69. The van der Waals surface area contributed by atoms with Gasteiger partial charge in [-0.05, 0) is 78.1 Å². The lowest BCUT2D eigenvalue weighted by Gasteiger charge is -2.08. The van der Waals surface area contributed by atoms with Crippen molar-refractivity contribution in [2.75, 3.05) is 13.2 Å². The van der Waals surface area contributed by atoms with Gasteiger partial charge in [0.1, 0.15) is 6.61 Å². The maximum absolute atomic E-state index is 5.54. The number of ether oxygens (including phenoxy) is 1. The number of allylic oxidation sites excluding steroid dienone is 5. The lowest BCUT2D eigenvalue weighted by molar-refractivity contribution is 0.340. The second-order valence-corrected chi connectivity index (χ2v) is 7.42. The first-order valence-electron chi connectivity index (χ1n) is 9.81. The van der Waals surface area contributed by atoms with E-state index in [1.54, 1.807) is 0 Å². The molecule has 0 bridgehead atoms. The van der Waals surface area contributed by atoms with Crippen molar-refractivity contribution >= 4 is 17.4 Å². The molecule has 0 amide bonds. The minimum atomic E-state index is 0.524. The number of hydrogen-bond acceptors (Lipinski definition) is 2. The molecule has 2 nitrogen and oxygen atoms in total. The Morgan fingerprint density at radius 1 is 0.880 bits per heavy atom. The number of thiocarbonyl (C=S) groups is 1. The maximum Gasteiger partial charge on any atom is 0.256 e. The minimum absolute atomic E-state index is 0.524. The Labute approximate surface area is 161 Å². The van der Waals surface area contributed by atoms with Crippen molar-refractivity contribution in [1.82, 2.24) is 5.32 Å². The van der Waals surface area contributed by atoms with Crippen LogP contribution in [-0.2, 0) is 4.74 Å². The molecule has 144 valence electrons. The van der Waals surface area contributed by atoms with Crippen molar-refractivity contribution in [2.45, 2.75) is 86.0 Å². The Kier molecular flexibility index (Phi) is 15.7. The van der Waals surface area contributed by atoms with Crippen LogP contribution in [0.5, 0.6) is 0 Å². The van der Waals surface area contributed by atoms with Crippen molar-refractivity contribution < 1.29 is 4.74 Å². The van der Waals surface area contributed by atoms with E-state index in [-0.39, 0.29) is 0 Å². The van der Waals surface area contributed by atoms with E-state index in [4.69, 9.17) is 17.0 Å². The fourth-order valence-electron chi connectivity index (χ4n) is 2.39. The number of hydrogen-bond donors (Lipinski definition) is 1. The van der Waals surface area contributed by atoms with Gasteiger partial charge >= 0.3 is 0 Å². The van der Waals surface area contributed by atoms with Gasteiger partial charge in [-0.25, -0.2) is 0 Å². The summed E-state index contributed by atoms with van der Waals surface area (Å²) in [5.74, 6) is 0. The second kappa shape index (κ2) is 16.4. The Bertz CT molecular complexity index is 445. The fourth-order valence-corrected chi connectivity index (χ4v) is 2.56. The summed E-state index contributed by atoms with van der Waals surface area (Å²) in [7, 11) is 0. The average molecular weight is 366 g/mol. The minimum Gasteiger partial charge on any atom is -0.467 e. The molecule has 0 heterocycles. The quantitative estimate of drug-likeness (QED) is 0.218. The van der Waals surface area contributed by atoms with Crippen LogP contribution in [0.15, 0.2) is 34.9 Å². The van der Waals surface area contributed by atoms with E-state index in [2.05, 4.69) is 58.2 Å². The molecular formula is C22H39NOS. The third-order valence-corrected chi connectivity index (χ3v) is 4.33. The van der Waals surface area contributed by atoms with Crippen LogP contribution < -0.4 is 5.32 Å². The summed E-state index contributed by atoms with van der Waals surface area (Å²) in [6.45, 7) is 12.4. The van der Waals surface area contributed by atoms with Crippen LogP contribution in [0.25, 0.3) is 0 Å². The highest BCUT2D eigenvalue weighted by atomic mass is 32.1. The van der Waals surface area contributed by atoms with Gasteiger partial charge in [0.05, 0.1) is 0 Å². The van der Waals surface area contributed by atoms with Gasteiger partial charge in [-0.15, -0.1) is 0 Å². The number of rotatable bonds is 13. The van der Waals surface area contributed by atoms with E-state index >= 15 is 0 Å². The van der Waals surface area contributed by atoms with Gasteiger partial charge in [0.2, 0.25) is 0 Å². The molecule has 3 heteroatoms. The van der Waals surface area contributed by atoms with E-state index in [1.165, 1.54) is 36.0 Å². The lowest BCUT2D eigenvalue weighted by Crippen LogP contribution is -2.25. The van der Waals surface area contributed by atoms with E-state index in [9.17, 15) is 0 Å². The van der Waals surface area contributed by atoms with Gasteiger partial charge in [0.15, 0.2) is 0 Å². The van der Waals surface area contributed by atoms with Gasteiger partial charge < -0.3 is 10.1 Å². The first-order valence-corrected chi connectivity index (χ1v) is 10.2. The zero-order chi connectivity index (χ0) is 18.9. The van der Waals surface area contributed by atoms with Crippen LogP contribution in [0.1, 0.15) is 86.0 Å². The summed E-state index contributed by atoms with van der Waals surface area (Å²) in [4.78, 5) is 0. The molecule has 0 fully saturated rings. The van der Waals surface area contributed by atoms with Crippen molar-refractivity contribution in [3.63, 3.8) is 0 Å². The molecule has 0 unspecified atom stereocenters. The van der Waals surface area contributed by atoms with Crippen LogP contribution in [0, 0.1) is 0 Å². The first kappa shape index (κ1) is 23.9. The smallest absolute Gasteiger partial charge is 0.256 e. The average Bonchev–Trinajstić information content (AvgIpc) is 2.54. The zero-order valence-corrected chi connectivity index (χ0v) is 17.9. The van der Waals surface area contributed by atoms with Crippen LogP contribution in [0.3, 0.4) is 0 Å². The molecule has 0 rings (SSSR count). The largest absolute Gasteiger partial charge is 0.467 e. The maximum atomic E-state index is 5.54. The SMILES string of the molecule is CCCCCCNC(=S)OC/C=C(\C)CC/C=C(\C)CCC=C(C)C. The fraction of sp³-hybridized carbons (Fsp3) is 0.682. The highest BCUT2D eigenvalue weighted by molar-refractivity contribution is 7.80. The van der Waals surface area contributed by atoms with Gasteiger partial charge in [0.25, 0.3) is 5.17 Å². The molecule has 0 aromatic carbocycles. The van der Waals surface area contributed by atoms with E-state index in [0.717, 1.165) is 38.6 Å². The van der Waals surface area contributed by atoms with Crippen LogP contribution in [0.4, 0.5) is 0 Å². The van der Waals surface area contributed by atoms with Crippen molar-refractivity contribution in [2.24, 2.45) is 0 Å². The molecule has 1 N–H and O–H groups in total. The number of nitrogens with one attached hydrogen (secondary N) is 1. The van der Waals surface area contributed by atoms with E-state index in [1.807, 2.05) is 0 Å². The van der Waals surface area contributed by atoms with Crippen LogP contribution in [-0.4, -0.2) is 18.3 Å². The summed E-state index contributed by atoms with van der Waals surface area (Å²) in [5.41, 5.74) is 4.24. The molecule has 0 aliphatic carbocycles. The first-order chi connectivity index (χ1) is 12.0. The van der Waals surface area contributed by atoms with Crippen LogP contribution >= 0.6 is 12.2 Å².